The molecule has 0 atom stereocenters. The Bertz CT molecular complexity index is 1310. The monoisotopic (exact) mass is 444 g/mol. The van der Waals surface area contributed by atoms with E-state index in [9.17, 15) is 14.4 Å². The normalized spacial score (nSPS) is 15.2. The second kappa shape index (κ2) is 7.88. The number of alkyl carbamates (subject to hydrolysis) is 1. The molecule has 3 aromatic rings. The highest BCUT2D eigenvalue weighted by Crippen LogP contribution is 2.33. The second-order valence-corrected chi connectivity index (χ2v) is 8.87. The molecule has 168 valence electrons. The lowest BCUT2D eigenvalue weighted by Gasteiger charge is -2.35. The van der Waals surface area contributed by atoms with Crippen molar-refractivity contribution in [2.45, 2.75) is 32.5 Å². The summed E-state index contributed by atoms with van der Waals surface area (Å²) in [4.78, 5) is 47.9. The van der Waals surface area contributed by atoms with Gasteiger partial charge in [0.25, 0.3) is 0 Å². The first-order chi connectivity index (χ1) is 15.8. The van der Waals surface area contributed by atoms with Gasteiger partial charge in [-0.3, -0.25) is 14.6 Å². The third-order valence-electron chi connectivity index (χ3n) is 6.04. The number of aromatic amines is 1. The molecule has 3 heterocycles. The number of ketones is 1. The van der Waals surface area contributed by atoms with Crippen LogP contribution in [0.25, 0.3) is 10.9 Å². The molecule has 0 aliphatic carbocycles. The summed E-state index contributed by atoms with van der Waals surface area (Å²) in [6.45, 7) is 4.07. The number of benzene rings is 2. The fourth-order valence-corrected chi connectivity index (χ4v) is 4.47. The molecule has 0 unspecified atom stereocenters. The van der Waals surface area contributed by atoms with E-state index in [1.165, 1.54) is 0 Å². The zero-order valence-corrected chi connectivity index (χ0v) is 18.5. The fraction of sp³-hybridized carbons (Fsp3) is 0.280. The number of carbonyl (C=O) groups is 3. The van der Waals surface area contributed by atoms with Crippen molar-refractivity contribution in [3.05, 3.63) is 70.9 Å². The Morgan fingerprint density at radius 3 is 2.70 bits per heavy atom. The summed E-state index contributed by atoms with van der Waals surface area (Å²) < 4.78 is 5.29. The standard InChI is InChI=1S/C25H24N4O4/c1-25(2,28-24(32)33-14-15-7-4-3-5-8-15)23(31)29-12-18-22-19(13-29)27-17-10-6-9-16(21(17)22)20(30)11-26-18/h3-10,27H,11-14H2,1-2H3,(H,28,32). The van der Waals surface area contributed by atoms with Crippen LogP contribution in [0, 0.1) is 0 Å². The van der Waals surface area contributed by atoms with Crippen molar-refractivity contribution < 1.29 is 19.1 Å². The number of ether oxygens (including phenoxy) is 1. The lowest BCUT2D eigenvalue weighted by Crippen LogP contribution is -2.57. The Morgan fingerprint density at radius 1 is 1.12 bits per heavy atom. The van der Waals surface area contributed by atoms with Gasteiger partial charge in [0.15, 0.2) is 5.78 Å². The molecule has 2 amide bonds. The summed E-state index contributed by atoms with van der Waals surface area (Å²) in [5.74, 6) is -0.299. The SMILES string of the molecule is CC(C)(NC(=O)OCc1ccccc1)C(=O)N1CC2=NCC(=O)c3cccc4[nH]c(c2c34)C1. The van der Waals surface area contributed by atoms with E-state index in [1.807, 2.05) is 48.5 Å². The fourth-order valence-electron chi connectivity index (χ4n) is 4.47. The second-order valence-electron chi connectivity index (χ2n) is 8.87. The van der Waals surface area contributed by atoms with Crippen molar-refractivity contribution in [2.24, 2.45) is 4.99 Å². The number of aromatic nitrogens is 1. The molecule has 2 aromatic carbocycles. The summed E-state index contributed by atoms with van der Waals surface area (Å²) in [6.07, 6.45) is -0.664. The van der Waals surface area contributed by atoms with Gasteiger partial charge in [0, 0.05) is 27.7 Å². The maximum atomic E-state index is 13.4. The first-order valence-corrected chi connectivity index (χ1v) is 10.8. The lowest BCUT2D eigenvalue weighted by molar-refractivity contribution is -0.137. The van der Waals surface area contributed by atoms with E-state index in [0.29, 0.717) is 17.8 Å². The number of carbonyl (C=O) groups excluding carboxylic acids is 3. The number of H-pyrrole nitrogens is 1. The van der Waals surface area contributed by atoms with E-state index >= 15 is 0 Å². The van der Waals surface area contributed by atoms with Crippen LogP contribution in [0.2, 0.25) is 0 Å². The summed E-state index contributed by atoms with van der Waals surface area (Å²) >= 11 is 0. The van der Waals surface area contributed by atoms with E-state index in [-0.39, 0.29) is 31.4 Å². The van der Waals surface area contributed by atoms with Crippen LogP contribution >= 0.6 is 0 Å². The quantitative estimate of drug-likeness (QED) is 0.645. The molecular formula is C25H24N4O4. The van der Waals surface area contributed by atoms with E-state index in [1.54, 1.807) is 18.7 Å². The molecule has 0 spiro atoms. The number of Topliss-reactive ketones (excluding diaryl/α,β-unsaturated/α-hetero) is 1. The van der Waals surface area contributed by atoms with Crippen molar-refractivity contribution in [2.75, 3.05) is 13.1 Å². The van der Waals surface area contributed by atoms with E-state index in [0.717, 1.165) is 27.7 Å². The molecule has 2 N–H and O–H groups in total. The predicted octanol–water partition coefficient (Wildman–Crippen LogP) is 3.20. The molecule has 5 rings (SSSR count). The average Bonchev–Trinajstić information content (AvgIpc) is 3.12. The molecule has 0 fully saturated rings. The van der Waals surface area contributed by atoms with Crippen LogP contribution in [0.5, 0.6) is 0 Å². The van der Waals surface area contributed by atoms with E-state index < -0.39 is 11.6 Å². The molecule has 0 radical (unpaired) electrons. The molecule has 1 aromatic heterocycles. The van der Waals surface area contributed by atoms with Crippen LogP contribution in [-0.2, 0) is 22.7 Å². The van der Waals surface area contributed by atoms with E-state index in [4.69, 9.17) is 4.74 Å². The van der Waals surface area contributed by atoms with Crippen molar-refractivity contribution in [3.8, 4) is 0 Å². The highest BCUT2D eigenvalue weighted by atomic mass is 16.5. The average molecular weight is 444 g/mol. The Hall–Kier alpha value is -3.94. The Labute approximate surface area is 190 Å². The number of hydrogen-bond acceptors (Lipinski definition) is 5. The molecule has 2 aliphatic heterocycles. The van der Waals surface area contributed by atoms with Crippen LogP contribution in [0.1, 0.15) is 41.0 Å². The van der Waals surface area contributed by atoms with Gasteiger partial charge in [0.05, 0.1) is 18.8 Å². The van der Waals surface area contributed by atoms with Gasteiger partial charge in [-0.05, 0) is 25.5 Å². The maximum Gasteiger partial charge on any atom is 0.408 e. The summed E-state index contributed by atoms with van der Waals surface area (Å²) in [7, 11) is 0. The highest BCUT2D eigenvalue weighted by Gasteiger charge is 2.38. The van der Waals surface area contributed by atoms with Crippen molar-refractivity contribution in [1.82, 2.24) is 15.2 Å². The van der Waals surface area contributed by atoms with Gasteiger partial charge in [-0.15, -0.1) is 0 Å². The summed E-state index contributed by atoms with van der Waals surface area (Å²) in [5, 5.41) is 3.56. The number of hydrogen-bond donors (Lipinski definition) is 2. The van der Waals surface area contributed by atoms with Crippen molar-refractivity contribution >= 4 is 34.4 Å². The Kier molecular flexibility index (Phi) is 5.00. The molecule has 2 aliphatic rings. The minimum atomic E-state index is -1.19. The van der Waals surface area contributed by atoms with Crippen LogP contribution < -0.4 is 5.32 Å². The van der Waals surface area contributed by atoms with Crippen molar-refractivity contribution in [3.63, 3.8) is 0 Å². The lowest BCUT2D eigenvalue weighted by atomic mass is 9.96. The van der Waals surface area contributed by atoms with Gasteiger partial charge in [0.2, 0.25) is 5.91 Å². The predicted molar refractivity (Wildman–Crippen MR) is 123 cm³/mol. The first-order valence-electron chi connectivity index (χ1n) is 10.8. The van der Waals surface area contributed by atoms with E-state index in [2.05, 4.69) is 15.3 Å². The maximum absolute atomic E-state index is 13.4. The van der Waals surface area contributed by atoms with Gasteiger partial charge < -0.3 is 19.9 Å². The summed E-state index contributed by atoms with van der Waals surface area (Å²) in [5.41, 5.74) is 3.65. The highest BCUT2D eigenvalue weighted by molar-refractivity contribution is 6.22. The molecule has 0 saturated heterocycles. The molecule has 0 bridgehead atoms. The Morgan fingerprint density at radius 2 is 1.91 bits per heavy atom. The molecule has 8 nitrogen and oxygen atoms in total. The van der Waals surface area contributed by atoms with Crippen LogP contribution in [0.15, 0.2) is 53.5 Å². The number of nitrogens with one attached hydrogen (secondary N) is 2. The topological polar surface area (TPSA) is 104 Å². The number of nitrogens with zero attached hydrogens (tertiary/aromatic N) is 2. The number of aliphatic imine (C=N–C) groups is 1. The van der Waals surface area contributed by atoms with Crippen molar-refractivity contribution in [1.29, 1.82) is 0 Å². The third kappa shape index (κ3) is 3.77. The molecule has 0 saturated carbocycles. The zero-order valence-electron chi connectivity index (χ0n) is 18.5. The van der Waals surface area contributed by atoms with Crippen LogP contribution in [0.4, 0.5) is 4.79 Å². The molecular weight excluding hydrogens is 420 g/mol. The third-order valence-corrected chi connectivity index (χ3v) is 6.04. The first kappa shape index (κ1) is 20.9. The van der Waals surface area contributed by atoms with Crippen LogP contribution in [-0.4, -0.2) is 52.0 Å². The Balaban J connectivity index is 1.34. The minimum Gasteiger partial charge on any atom is -0.445 e. The molecule has 33 heavy (non-hydrogen) atoms. The smallest absolute Gasteiger partial charge is 0.408 e. The summed E-state index contributed by atoms with van der Waals surface area (Å²) in [6, 6.07) is 14.9. The number of amides is 2. The van der Waals surface area contributed by atoms with Gasteiger partial charge in [-0.2, -0.15) is 0 Å². The van der Waals surface area contributed by atoms with Gasteiger partial charge >= 0.3 is 6.09 Å². The van der Waals surface area contributed by atoms with Gasteiger partial charge in [-0.1, -0.05) is 42.5 Å². The largest absolute Gasteiger partial charge is 0.445 e. The zero-order chi connectivity index (χ0) is 23.2. The molecule has 8 heteroatoms. The van der Waals surface area contributed by atoms with Gasteiger partial charge in [0.1, 0.15) is 18.7 Å². The minimum absolute atomic E-state index is 0.0367. The van der Waals surface area contributed by atoms with Crippen LogP contribution in [0.3, 0.4) is 0 Å². The number of rotatable bonds is 4. The van der Waals surface area contributed by atoms with Gasteiger partial charge in [-0.25, -0.2) is 4.79 Å².